The van der Waals surface area contributed by atoms with Crippen molar-refractivity contribution in [2.75, 3.05) is 0 Å². The first kappa shape index (κ1) is 18.3. The summed E-state index contributed by atoms with van der Waals surface area (Å²) in [5.41, 5.74) is 5.04. The van der Waals surface area contributed by atoms with Crippen molar-refractivity contribution in [1.29, 1.82) is 0 Å². The average Bonchev–Trinajstić information content (AvgIpc) is 3.36. The highest BCUT2D eigenvalue weighted by Crippen LogP contribution is 2.29. The number of halogens is 1. The van der Waals surface area contributed by atoms with Crippen molar-refractivity contribution in [3.63, 3.8) is 0 Å². The van der Waals surface area contributed by atoms with Crippen molar-refractivity contribution in [2.45, 2.75) is 13.0 Å². The number of aromatic nitrogens is 5. The molecule has 0 fully saturated rings. The number of H-pyrrole nitrogens is 2. The Hall–Kier alpha value is -3.71. The van der Waals surface area contributed by atoms with Crippen molar-refractivity contribution in [1.82, 2.24) is 30.5 Å². The van der Waals surface area contributed by atoms with Crippen LogP contribution >= 0.6 is 11.6 Å². The van der Waals surface area contributed by atoms with Crippen LogP contribution in [0, 0.1) is 0 Å². The zero-order chi connectivity index (χ0) is 20.7. The molecule has 0 aliphatic heterocycles. The number of rotatable bonds is 4. The molecule has 1 atom stereocenters. The maximum atomic E-state index is 12.7. The lowest BCUT2D eigenvalue weighted by molar-refractivity contribution is 0.0930. The number of amides is 1. The van der Waals surface area contributed by atoms with Gasteiger partial charge in [0.25, 0.3) is 5.91 Å². The van der Waals surface area contributed by atoms with Gasteiger partial charge in [0, 0.05) is 28.4 Å². The normalized spacial score (nSPS) is 12.3. The molecule has 0 bridgehead atoms. The third-order valence-corrected chi connectivity index (χ3v) is 5.26. The number of benzene rings is 2. The molecule has 1 amide bonds. The smallest absolute Gasteiger partial charge is 0.289 e. The Morgan fingerprint density at radius 1 is 1.03 bits per heavy atom. The highest BCUT2D eigenvalue weighted by molar-refractivity contribution is 6.30. The van der Waals surface area contributed by atoms with Gasteiger partial charge in [0.2, 0.25) is 5.82 Å². The van der Waals surface area contributed by atoms with Crippen molar-refractivity contribution >= 4 is 39.4 Å². The average molecular weight is 417 g/mol. The van der Waals surface area contributed by atoms with Gasteiger partial charge in [-0.05, 0) is 48.9 Å². The van der Waals surface area contributed by atoms with Crippen LogP contribution in [0.4, 0.5) is 0 Å². The van der Waals surface area contributed by atoms with Crippen LogP contribution in [0.5, 0.6) is 0 Å². The molecule has 5 aromatic rings. The molecule has 0 unspecified atom stereocenters. The summed E-state index contributed by atoms with van der Waals surface area (Å²) in [6.45, 7) is 1.90. The van der Waals surface area contributed by atoms with Crippen LogP contribution in [0.3, 0.4) is 0 Å². The second kappa shape index (κ2) is 7.27. The van der Waals surface area contributed by atoms with Crippen molar-refractivity contribution in [3.05, 3.63) is 77.3 Å². The number of carbonyl (C=O) groups excluding carboxylic acids is 1. The maximum absolute atomic E-state index is 12.7. The third kappa shape index (κ3) is 3.29. The van der Waals surface area contributed by atoms with Crippen LogP contribution in [-0.2, 0) is 0 Å². The molecule has 30 heavy (non-hydrogen) atoms. The first-order valence-electron chi connectivity index (χ1n) is 9.43. The Kier molecular flexibility index (Phi) is 4.44. The van der Waals surface area contributed by atoms with Gasteiger partial charge in [-0.25, -0.2) is 9.97 Å². The number of aromatic amines is 2. The zero-order valence-electron chi connectivity index (χ0n) is 16.0. The molecule has 0 aliphatic rings. The predicted molar refractivity (Wildman–Crippen MR) is 116 cm³/mol. The predicted octanol–water partition coefficient (Wildman–Crippen LogP) is 4.65. The van der Waals surface area contributed by atoms with Gasteiger partial charge in [-0.15, -0.1) is 0 Å². The highest BCUT2D eigenvalue weighted by atomic mass is 35.5. The molecule has 3 heterocycles. The molecule has 3 N–H and O–H groups in total. The summed E-state index contributed by atoms with van der Waals surface area (Å²) in [5.74, 6) is -0.191. The summed E-state index contributed by atoms with van der Waals surface area (Å²) in [7, 11) is 0. The van der Waals surface area contributed by atoms with E-state index in [2.05, 4.69) is 30.5 Å². The summed E-state index contributed by atoms with van der Waals surface area (Å²) < 4.78 is 0. The van der Waals surface area contributed by atoms with Gasteiger partial charge in [-0.1, -0.05) is 23.7 Å². The third-order valence-electron chi connectivity index (χ3n) is 5.03. The van der Waals surface area contributed by atoms with E-state index in [1.807, 2.05) is 49.4 Å². The van der Waals surface area contributed by atoms with E-state index in [1.165, 1.54) is 0 Å². The van der Waals surface area contributed by atoms with Crippen LogP contribution in [0.15, 0.2) is 60.9 Å². The van der Waals surface area contributed by atoms with Gasteiger partial charge in [0.1, 0.15) is 0 Å². The number of pyridine rings is 1. The number of carbonyl (C=O) groups is 1. The Morgan fingerprint density at radius 3 is 2.57 bits per heavy atom. The van der Waals surface area contributed by atoms with Crippen LogP contribution in [-0.4, -0.2) is 31.1 Å². The molecule has 0 radical (unpaired) electrons. The number of hydrogen-bond acceptors (Lipinski definition) is 4. The maximum Gasteiger partial charge on any atom is 0.289 e. The number of nitrogens with zero attached hydrogens (tertiary/aromatic N) is 3. The number of nitrogens with one attached hydrogen (secondary N) is 3. The molecule has 7 nitrogen and oxygen atoms in total. The second-order valence-corrected chi connectivity index (χ2v) is 7.48. The fourth-order valence-electron chi connectivity index (χ4n) is 3.48. The van der Waals surface area contributed by atoms with E-state index < -0.39 is 0 Å². The van der Waals surface area contributed by atoms with E-state index in [1.54, 1.807) is 18.5 Å². The van der Waals surface area contributed by atoms with Crippen molar-refractivity contribution < 1.29 is 4.79 Å². The Labute approximate surface area is 176 Å². The molecule has 2 aromatic carbocycles. The molecule has 5 rings (SSSR count). The van der Waals surface area contributed by atoms with Crippen molar-refractivity contribution in [2.24, 2.45) is 0 Å². The largest absolute Gasteiger partial charge is 0.343 e. The van der Waals surface area contributed by atoms with Crippen LogP contribution in [0.2, 0.25) is 5.02 Å². The molecule has 0 saturated heterocycles. The van der Waals surface area contributed by atoms with Gasteiger partial charge in [0.15, 0.2) is 0 Å². The zero-order valence-corrected chi connectivity index (χ0v) is 16.7. The minimum atomic E-state index is -0.330. The van der Waals surface area contributed by atoms with Crippen LogP contribution in [0.25, 0.3) is 33.2 Å². The molecular weight excluding hydrogens is 400 g/mol. The Morgan fingerprint density at radius 2 is 1.80 bits per heavy atom. The molecule has 0 saturated carbocycles. The van der Waals surface area contributed by atoms with E-state index in [-0.39, 0.29) is 17.8 Å². The minimum absolute atomic E-state index is 0.140. The van der Waals surface area contributed by atoms with Gasteiger partial charge in [-0.3, -0.25) is 14.9 Å². The van der Waals surface area contributed by atoms with E-state index in [0.29, 0.717) is 16.1 Å². The topological polar surface area (TPSA) is 99.3 Å². The summed E-state index contributed by atoms with van der Waals surface area (Å²) >= 11 is 6.05. The standard InChI is InChI=1S/C22H17ClN6O/c1-12(14-3-2-4-15(23)9-14)25-22(30)21-26-18-10-16-17(11-19(18)27-21)28-29-20(16)13-5-7-24-8-6-13/h2-12,28-29H,1H3,(H,25,30)/t12-/m1/s1. The van der Waals surface area contributed by atoms with Gasteiger partial charge in [-0.2, -0.15) is 0 Å². The SMILES string of the molecule is C[C@@H](NC(=O)c1nc2cc3[nH][nH]c(-c4ccncc4)c3cc2n1)c1cccc(Cl)c1. The summed E-state index contributed by atoms with van der Waals surface area (Å²) in [5, 5.41) is 10.9. The monoisotopic (exact) mass is 416 g/mol. The molecule has 148 valence electrons. The lowest BCUT2D eigenvalue weighted by Crippen LogP contribution is -2.27. The first-order chi connectivity index (χ1) is 14.6. The lowest BCUT2D eigenvalue weighted by Gasteiger charge is -2.13. The van der Waals surface area contributed by atoms with Gasteiger partial charge < -0.3 is 10.4 Å². The van der Waals surface area contributed by atoms with Crippen LogP contribution in [0.1, 0.15) is 29.1 Å². The number of hydrogen-bond donors (Lipinski definition) is 3. The second-order valence-electron chi connectivity index (χ2n) is 7.04. The fourth-order valence-corrected chi connectivity index (χ4v) is 3.68. The molecular formula is C22H17ClN6O. The minimum Gasteiger partial charge on any atom is -0.343 e. The molecule has 0 spiro atoms. The van der Waals surface area contributed by atoms with Crippen molar-refractivity contribution in [3.8, 4) is 11.3 Å². The first-order valence-corrected chi connectivity index (χ1v) is 9.81. The van der Waals surface area contributed by atoms with E-state index in [4.69, 9.17) is 11.6 Å². The van der Waals surface area contributed by atoms with Gasteiger partial charge >= 0.3 is 0 Å². The Balaban J connectivity index is 1.46. The number of imidazole rings is 1. The lowest BCUT2D eigenvalue weighted by atomic mass is 10.1. The summed E-state index contributed by atoms with van der Waals surface area (Å²) in [6, 6.07) is 14.8. The molecule has 3 aromatic heterocycles. The quantitative estimate of drug-likeness (QED) is 0.397. The van der Waals surface area contributed by atoms with E-state index in [9.17, 15) is 4.79 Å². The molecule has 8 heteroatoms. The number of fused-ring (bicyclic) bond motifs is 2. The van der Waals surface area contributed by atoms with Crippen LogP contribution < -0.4 is 5.32 Å². The van der Waals surface area contributed by atoms with E-state index >= 15 is 0 Å². The van der Waals surface area contributed by atoms with Gasteiger partial charge in [0.05, 0.1) is 28.3 Å². The summed E-state index contributed by atoms with van der Waals surface area (Å²) in [6.07, 6.45) is 3.48. The van der Waals surface area contributed by atoms with E-state index in [0.717, 1.165) is 27.7 Å². The molecule has 0 aliphatic carbocycles. The Bertz CT molecular complexity index is 1370. The highest BCUT2D eigenvalue weighted by Gasteiger charge is 2.18. The summed E-state index contributed by atoms with van der Waals surface area (Å²) in [4.78, 5) is 25.6. The fraction of sp³-hybridized carbons (Fsp3) is 0.0909.